The molecule has 1 heterocycles. The van der Waals surface area contributed by atoms with E-state index in [0.717, 1.165) is 12.3 Å². The van der Waals surface area contributed by atoms with E-state index in [9.17, 15) is 23.3 Å². The number of hydrogen-bond acceptors (Lipinski definition) is 9. The second-order valence-corrected chi connectivity index (χ2v) is 7.20. The zero-order valence-corrected chi connectivity index (χ0v) is 14.5. The molecule has 1 aromatic heterocycles. The Balaban J connectivity index is 2.00. The third-order valence-corrected chi connectivity index (χ3v) is 4.37. The van der Waals surface area contributed by atoms with E-state index in [1.807, 2.05) is 0 Å². The molecule has 11 nitrogen and oxygen atoms in total. The molecule has 12 heteroatoms. The van der Waals surface area contributed by atoms with Gasteiger partial charge in [-0.05, 0) is 12.1 Å². The van der Waals surface area contributed by atoms with E-state index in [0.29, 0.717) is 0 Å². The van der Waals surface area contributed by atoms with Crippen molar-refractivity contribution in [2.45, 2.75) is 4.90 Å². The molecule has 138 valence electrons. The first kappa shape index (κ1) is 19.1. The Morgan fingerprint density at radius 3 is 2.58 bits per heavy atom. The number of benzene rings is 1. The second kappa shape index (κ2) is 7.74. The quantitative estimate of drug-likeness (QED) is 0.345. The number of nitro benzene ring substituents is 1. The van der Waals surface area contributed by atoms with Crippen LogP contribution >= 0.6 is 0 Å². The molecule has 0 aliphatic carbocycles. The van der Waals surface area contributed by atoms with Crippen LogP contribution in [0.1, 0.15) is 10.5 Å². The van der Waals surface area contributed by atoms with Gasteiger partial charge < -0.3 is 16.4 Å². The molecule has 0 aliphatic rings. The van der Waals surface area contributed by atoms with Crippen molar-refractivity contribution >= 4 is 32.9 Å². The molecule has 4 N–H and O–H groups in total. The number of nitro groups is 1. The van der Waals surface area contributed by atoms with Gasteiger partial charge in [0.05, 0.1) is 9.82 Å². The highest BCUT2D eigenvalue weighted by molar-refractivity contribution is 7.90. The van der Waals surface area contributed by atoms with E-state index in [1.54, 1.807) is 0 Å². The summed E-state index contributed by atoms with van der Waals surface area (Å²) in [5.74, 6) is -0.538. The summed E-state index contributed by atoms with van der Waals surface area (Å²) in [4.78, 5) is 29.8. The standard InChI is InChI=1S/C14H16N6O5S/c1-26(24,25)9-2-3-10(11(8-9)20(22)23)16-4-7-19-14(21)12-13(15)18-6-5-17-12/h2-3,5-6,8,16H,4,7H2,1H3,(H2,15,18)(H,19,21). The maximum Gasteiger partial charge on any atom is 0.293 e. The lowest BCUT2D eigenvalue weighted by atomic mass is 10.2. The van der Waals surface area contributed by atoms with Crippen molar-refractivity contribution in [3.63, 3.8) is 0 Å². The molecule has 0 spiro atoms. The van der Waals surface area contributed by atoms with Gasteiger partial charge in [0.1, 0.15) is 5.69 Å². The van der Waals surface area contributed by atoms with Crippen molar-refractivity contribution in [2.75, 3.05) is 30.4 Å². The number of nitrogens with zero attached hydrogens (tertiary/aromatic N) is 3. The molecule has 0 saturated heterocycles. The van der Waals surface area contributed by atoms with Crippen LogP contribution in [0.4, 0.5) is 17.2 Å². The molecule has 0 atom stereocenters. The molecule has 2 rings (SSSR count). The Morgan fingerprint density at radius 1 is 1.27 bits per heavy atom. The van der Waals surface area contributed by atoms with Gasteiger partial charge in [0.15, 0.2) is 21.3 Å². The van der Waals surface area contributed by atoms with Gasteiger partial charge in [-0.3, -0.25) is 14.9 Å². The minimum absolute atomic E-state index is 0.00930. The van der Waals surface area contributed by atoms with Crippen LogP contribution in [-0.2, 0) is 9.84 Å². The molecular weight excluding hydrogens is 364 g/mol. The van der Waals surface area contributed by atoms with Gasteiger partial charge in [-0.25, -0.2) is 18.4 Å². The number of sulfone groups is 1. The number of amides is 1. The number of nitrogens with one attached hydrogen (secondary N) is 2. The van der Waals surface area contributed by atoms with Crippen LogP contribution in [0.25, 0.3) is 0 Å². The van der Waals surface area contributed by atoms with Gasteiger partial charge in [-0.15, -0.1) is 0 Å². The van der Waals surface area contributed by atoms with Gasteiger partial charge >= 0.3 is 0 Å². The normalized spacial score (nSPS) is 11.0. The maximum absolute atomic E-state index is 11.9. The highest BCUT2D eigenvalue weighted by Crippen LogP contribution is 2.27. The van der Waals surface area contributed by atoms with Gasteiger partial charge in [0.25, 0.3) is 11.6 Å². The first-order chi connectivity index (χ1) is 12.2. The van der Waals surface area contributed by atoms with Crippen LogP contribution in [0.5, 0.6) is 0 Å². The number of hydrogen-bond donors (Lipinski definition) is 3. The van der Waals surface area contributed by atoms with Gasteiger partial charge in [0, 0.05) is 37.8 Å². The lowest BCUT2D eigenvalue weighted by Crippen LogP contribution is -2.30. The van der Waals surface area contributed by atoms with E-state index >= 15 is 0 Å². The molecule has 2 aromatic rings. The summed E-state index contributed by atoms with van der Waals surface area (Å²) in [5.41, 5.74) is 5.28. The summed E-state index contributed by atoms with van der Waals surface area (Å²) in [7, 11) is -3.56. The number of carbonyl (C=O) groups is 1. The van der Waals surface area contributed by atoms with Crippen LogP contribution in [0, 0.1) is 10.1 Å². The van der Waals surface area contributed by atoms with E-state index < -0.39 is 20.7 Å². The molecule has 0 fully saturated rings. The van der Waals surface area contributed by atoms with Crippen LogP contribution in [0.2, 0.25) is 0 Å². The summed E-state index contributed by atoms with van der Waals surface area (Å²) < 4.78 is 23.0. The van der Waals surface area contributed by atoms with E-state index in [1.165, 1.54) is 24.5 Å². The van der Waals surface area contributed by atoms with Crippen molar-refractivity contribution in [1.29, 1.82) is 0 Å². The minimum Gasteiger partial charge on any atom is -0.382 e. The highest BCUT2D eigenvalue weighted by Gasteiger charge is 2.18. The van der Waals surface area contributed by atoms with Crippen molar-refractivity contribution < 1.29 is 18.1 Å². The Kier molecular flexibility index (Phi) is 5.67. The topological polar surface area (TPSA) is 170 Å². The lowest BCUT2D eigenvalue weighted by Gasteiger charge is -2.09. The number of carbonyl (C=O) groups excluding carboxylic acids is 1. The molecule has 0 unspecified atom stereocenters. The zero-order chi connectivity index (χ0) is 19.3. The average Bonchev–Trinajstić information content (AvgIpc) is 2.58. The fourth-order valence-corrected chi connectivity index (χ4v) is 2.66. The molecule has 1 amide bonds. The molecule has 0 aliphatic heterocycles. The minimum atomic E-state index is -3.56. The van der Waals surface area contributed by atoms with E-state index in [4.69, 9.17) is 5.73 Å². The van der Waals surface area contributed by atoms with Crippen LogP contribution < -0.4 is 16.4 Å². The molecule has 26 heavy (non-hydrogen) atoms. The third-order valence-electron chi connectivity index (χ3n) is 3.26. The van der Waals surface area contributed by atoms with E-state index in [-0.39, 0.29) is 40.9 Å². The maximum atomic E-state index is 11.9. The first-order valence-corrected chi connectivity index (χ1v) is 9.16. The van der Waals surface area contributed by atoms with Crippen molar-refractivity contribution in [2.24, 2.45) is 0 Å². The number of nitrogen functional groups attached to an aromatic ring is 1. The monoisotopic (exact) mass is 380 g/mol. The van der Waals surface area contributed by atoms with Gasteiger partial charge in [-0.1, -0.05) is 0 Å². The van der Waals surface area contributed by atoms with Crippen molar-refractivity contribution in [3.05, 3.63) is 46.4 Å². The number of rotatable bonds is 7. The van der Waals surface area contributed by atoms with Crippen molar-refractivity contribution in [1.82, 2.24) is 15.3 Å². The van der Waals surface area contributed by atoms with E-state index in [2.05, 4.69) is 20.6 Å². The van der Waals surface area contributed by atoms with Gasteiger partial charge in [-0.2, -0.15) is 0 Å². The summed E-state index contributed by atoms with van der Waals surface area (Å²) in [6, 6.07) is 3.55. The lowest BCUT2D eigenvalue weighted by molar-refractivity contribution is -0.384. The van der Waals surface area contributed by atoms with Crippen LogP contribution in [-0.4, -0.2) is 48.6 Å². The second-order valence-electron chi connectivity index (χ2n) is 5.18. The summed E-state index contributed by atoms with van der Waals surface area (Å²) in [6.45, 7) is 0.283. The summed E-state index contributed by atoms with van der Waals surface area (Å²) >= 11 is 0. The van der Waals surface area contributed by atoms with Crippen LogP contribution in [0.3, 0.4) is 0 Å². The predicted molar refractivity (Wildman–Crippen MR) is 93.5 cm³/mol. The first-order valence-electron chi connectivity index (χ1n) is 7.27. The third kappa shape index (κ3) is 4.63. The smallest absolute Gasteiger partial charge is 0.293 e. The fraction of sp³-hybridized carbons (Fsp3) is 0.214. The average molecular weight is 380 g/mol. The molecule has 0 bridgehead atoms. The molecule has 0 saturated carbocycles. The highest BCUT2D eigenvalue weighted by atomic mass is 32.2. The molecule has 0 radical (unpaired) electrons. The number of anilines is 2. The summed E-state index contributed by atoms with van der Waals surface area (Å²) in [5, 5.41) is 16.5. The SMILES string of the molecule is CS(=O)(=O)c1ccc(NCCNC(=O)c2nccnc2N)c([N+](=O)[O-])c1. The fourth-order valence-electron chi connectivity index (χ4n) is 2.02. The van der Waals surface area contributed by atoms with Crippen molar-refractivity contribution in [3.8, 4) is 0 Å². The summed E-state index contributed by atoms with van der Waals surface area (Å²) in [6.07, 6.45) is 3.65. The molecular formula is C14H16N6O5S. The number of aromatic nitrogens is 2. The Bertz CT molecular complexity index is 947. The largest absolute Gasteiger partial charge is 0.382 e. The van der Waals surface area contributed by atoms with Crippen LogP contribution in [0.15, 0.2) is 35.5 Å². The predicted octanol–water partition coefficient (Wildman–Crippen LogP) is 0.212. The molecule has 1 aromatic carbocycles. The van der Waals surface area contributed by atoms with Gasteiger partial charge in [0.2, 0.25) is 0 Å². The Morgan fingerprint density at radius 2 is 1.96 bits per heavy atom. The Labute approximate surface area is 148 Å². The Hall–Kier alpha value is -3.28. The number of nitrogens with two attached hydrogens (primary N) is 1. The zero-order valence-electron chi connectivity index (χ0n) is 13.7.